The molecule has 0 aliphatic carbocycles. The van der Waals surface area contributed by atoms with Crippen molar-refractivity contribution in [1.82, 2.24) is 0 Å². The van der Waals surface area contributed by atoms with Crippen LogP contribution in [0.4, 0.5) is 0 Å². The van der Waals surface area contributed by atoms with Crippen LogP contribution in [0, 0.1) is 0 Å². The van der Waals surface area contributed by atoms with Gasteiger partial charge in [0.2, 0.25) is 0 Å². The minimum absolute atomic E-state index is 0.0627. The largest absolute Gasteiger partial charge is 0.461 e. The lowest BCUT2D eigenvalue weighted by atomic mass is 10.1. The maximum atomic E-state index is 10.6. The van der Waals surface area contributed by atoms with Crippen LogP contribution in [0.1, 0.15) is 5.56 Å². The van der Waals surface area contributed by atoms with Crippen molar-refractivity contribution in [3.8, 4) is 0 Å². The normalized spacial score (nSPS) is 9.33. The van der Waals surface area contributed by atoms with E-state index in [0.717, 1.165) is 5.56 Å². The van der Waals surface area contributed by atoms with E-state index >= 15 is 0 Å². The first-order valence-corrected chi connectivity index (χ1v) is 3.72. The predicted molar refractivity (Wildman–Crippen MR) is 46.8 cm³/mol. The van der Waals surface area contributed by atoms with E-state index in [0.29, 0.717) is 6.61 Å². The summed E-state index contributed by atoms with van der Waals surface area (Å²) >= 11 is 0. The Hall–Kier alpha value is -1.25. The molecule has 2 radical (unpaired) electrons. The minimum Gasteiger partial charge on any atom is -0.461 e. The summed E-state index contributed by atoms with van der Waals surface area (Å²) in [7, 11) is 5.06. The Bertz CT molecular complexity index is 246. The Balaban J connectivity index is 2.38. The van der Waals surface area contributed by atoms with Gasteiger partial charge in [-0.25, -0.2) is 0 Å². The van der Waals surface area contributed by atoms with Gasteiger partial charge in [0.05, 0.1) is 7.85 Å². The summed E-state index contributed by atoms with van der Waals surface area (Å²) < 4.78 is 4.81. The van der Waals surface area contributed by atoms with E-state index in [2.05, 4.69) is 0 Å². The molecule has 0 N–H and O–H groups in total. The molecule has 0 saturated carbocycles. The van der Waals surface area contributed by atoms with Crippen LogP contribution in [-0.4, -0.2) is 13.8 Å². The molecule has 12 heavy (non-hydrogen) atoms. The van der Waals surface area contributed by atoms with Crippen LogP contribution < -0.4 is 0 Å². The smallest absolute Gasteiger partial charge is 0.297 e. The third-order valence-corrected chi connectivity index (χ3v) is 1.41. The zero-order valence-corrected chi connectivity index (χ0v) is 6.69. The zero-order chi connectivity index (χ0) is 8.81. The standard InChI is InChI=1S/C9H9BO2/c10-6-9(11)12-7-8-4-2-1-3-5-8/h1-5H,6-7H2. The monoisotopic (exact) mass is 160 g/mol. The van der Waals surface area contributed by atoms with Crippen molar-refractivity contribution in [2.75, 3.05) is 0 Å². The molecule has 0 aliphatic rings. The summed E-state index contributed by atoms with van der Waals surface area (Å²) in [6, 6.07) is 9.49. The number of esters is 1. The maximum absolute atomic E-state index is 10.6. The molecule has 0 aromatic heterocycles. The molecule has 1 aromatic rings. The fourth-order valence-corrected chi connectivity index (χ4v) is 0.797. The minimum atomic E-state index is -0.376. The van der Waals surface area contributed by atoms with E-state index in [1.54, 1.807) is 0 Å². The lowest BCUT2D eigenvalue weighted by Crippen LogP contribution is -2.02. The summed E-state index contributed by atoms with van der Waals surface area (Å²) in [6.07, 6.45) is -0.0627. The number of carbonyl (C=O) groups excluding carboxylic acids is 1. The first-order valence-electron chi connectivity index (χ1n) is 3.72. The van der Waals surface area contributed by atoms with Crippen LogP contribution in [0.2, 0.25) is 6.32 Å². The highest BCUT2D eigenvalue weighted by atomic mass is 16.5. The molecular formula is C9H9BO2. The number of rotatable bonds is 3. The summed E-state index contributed by atoms with van der Waals surface area (Å²) in [6.45, 7) is 0.302. The van der Waals surface area contributed by atoms with E-state index in [1.807, 2.05) is 30.3 Å². The van der Waals surface area contributed by atoms with E-state index < -0.39 is 0 Å². The van der Waals surface area contributed by atoms with Gasteiger partial charge in [0.25, 0.3) is 5.97 Å². The Morgan fingerprint density at radius 1 is 1.33 bits per heavy atom. The molecule has 0 amide bonds. The van der Waals surface area contributed by atoms with Gasteiger partial charge in [-0.05, 0) is 5.56 Å². The fourth-order valence-electron chi connectivity index (χ4n) is 0.797. The van der Waals surface area contributed by atoms with Crippen molar-refractivity contribution in [2.24, 2.45) is 0 Å². The quantitative estimate of drug-likeness (QED) is 0.492. The van der Waals surface area contributed by atoms with Crippen molar-refractivity contribution in [3.05, 3.63) is 35.9 Å². The molecule has 1 rings (SSSR count). The molecule has 0 bridgehead atoms. The highest BCUT2D eigenvalue weighted by Gasteiger charge is 1.97. The van der Waals surface area contributed by atoms with Crippen LogP contribution >= 0.6 is 0 Å². The molecule has 0 aliphatic heterocycles. The number of carbonyl (C=O) groups is 1. The van der Waals surface area contributed by atoms with Crippen molar-refractivity contribution < 1.29 is 9.53 Å². The SMILES string of the molecule is [B]CC(=O)OCc1ccccc1. The van der Waals surface area contributed by atoms with Crippen LogP contribution in [0.15, 0.2) is 30.3 Å². The molecule has 1 aromatic carbocycles. The topological polar surface area (TPSA) is 26.3 Å². The van der Waals surface area contributed by atoms with Crippen molar-refractivity contribution in [2.45, 2.75) is 12.9 Å². The highest BCUT2D eigenvalue weighted by molar-refractivity contribution is 6.18. The molecule has 0 heterocycles. The van der Waals surface area contributed by atoms with Gasteiger partial charge >= 0.3 is 0 Å². The van der Waals surface area contributed by atoms with Crippen LogP contribution in [0.25, 0.3) is 0 Å². The molecular weight excluding hydrogens is 151 g/mol. The molecule has 0 unspecified atom stereocenters. The molecule has 0 fully saturated rings. The molecule has 0 saturated heterocycles. The van der Waals surface area contributed by atoms with Gasteiger partial charge in [0.1, 0.15) is 6.61 Å². The summed E-state index contributed by atoms with van der Waals surface area (Å²) in [5, 5.41) is 0. The van der Waals surface area contributed by atoms with Gasteiger partial charge in [0.15, 0.2) is 0 Å². The highest BCUT2D eigenvalue weighted by Crippen LogP contribution is 2.00. The second-order valence-corrected chi connectivity index (χ2v) is 2.35. The predicted octanol–water partition coefficient (Wildman–Crippen LogP) is 1.32. The first-order chi connectivity index (χ1) is 5.83. The number of hydrogen-bond donors (Lipinski definition) is 0. The average molecular weight is 160 g/mol. The Labute approximate surface area is 73.0 Å². The second kappa shape index (κ2) is 4.60. The first kappa shape index (κ1) is 8.85. The summed E-state index contributed by atoms with van der Waals surface area (Å²) in [4.78, 5) is 10.6. The summed E-state index contributed by atoms with van der Waals surface area (Å²) in [5.74, 6) is -0.376. The van der Waals surface area contributed by atoms with E-state index in [-0.39, 0.29) is 12.3 Å². The summed E-state index contributed by atoms with van der Waals surface area (Å²) in [5.41, 5.74) is 0.972. The van der Waals surface area contributed by atoms with E-state index in [1.165, 1.54) is 0 Å². The number of ether oxygens (including phenoxy) is 1. The molecule has 60 valence electrons. The lowest BCUT2D eigenvalue weighted by Gasteiger charge is -2.01. The van der Waals surface area contributed by atoms with E-state index in [9.17, 15) is 4.79 Å². The third-order valence-electron chi connectivity index (χ3n) is 1.41. The molecule has 2 nitrogen and oxygen atoms in total. The molecule has 0 atom stereocenters. The zero-order valence-electron chi connectivity index (χ0n) is 6.69. The van der Waals surface area contributed by atoms with Crippen LogP contribution in [0.5, 0.6) is 0 Å². The second-order valence-electron chi connectivity index (χ2n) is 2.35. The third kappa shape index (κ3) is 2.78. The van der Waals surface area contributed by atoms with Crippen LogP contribution in [-0.2, 0) is 16.1 Å². The molecule has 0 spiro atoms. The number of benzene rings is 1. The number of hydrogen-bond acceptors (Lipinski definition) is 2. The maximum Gasteiger partial charge on any atom is 0.297 e. The molecule has 3 heteroatoms. The van der Waals surface area contributed by atoms with Crippen molar-refractivity contribution >= 4 is 13.8 Å². The lowest BCUT2D eigenvalue weighted by molar-refractivity contribution is -0.142. The van der Waals surface area contributed by atoms with Crippen molar-refractivity contribution in [1.29, 1.82) is 0 Å². The van der Waals surface area contributed by atoms with Gasteiger partial charge in [-0.3, -0.25) is 4.79 Å². The van der Waals surface area contributed by atoms with Gasteiger partial charge in [-0.2, -0.15) is 0 Å². The Morgan fingerprint density at radius 2 is 2.00 bits per heavy atom. The fraction of sp³-hybridized carbons (Fsp3) is 0.222. The average Bonchev–Trinajstić information content (AvgIpc) is 2.16. The van der Waals surface area contributed by atoms with Gasteiger partial charge in [-0.15, -0.1) is 0 Å². The van der Waals surface area contributed by atoms with E-state index in [4.69, 9.17) is 12.6 Å². The van der Waals surface area contributed by atoms with Gasteiger partial charge in [-0.1, -0.05) is 30.3 Å². The van der Waals surface area contributed by atoms with Crippen molar-refractivity contribution in [3.63, 3.8) is 0 Å². The Morgan fingerprint density at radius 3 is 2.58 bits per heavy atom. The van der Waals surface area contributed by atoms with Crippen LogP contribution in [0.3, 0.4) is 0 Å². The Kier molecular flexibility index (Phi) is 3.39. The van der Waals surface area contributed by atoms with Gasteiger partial charge < -0.3 is 4.74 Å². The van der Waals surface area contributed by atoms with Gasteiger partial charge in [0, 0.05) is 6.32 Å².